The molecule has 0 fully saturated rings. The van der Waals surface area contributed by atoms with Crippen molar-refractivity contribution in [1.29, 1.82) is 0 Å². The average Bonchev–Trinajstić information content (AvgIpc) is 2.86. The van der Waals surface area contributed by atoms with Gasteiger partial charge < -0.3 is 9.52 Å². The van der Waals surface area contributed by atoms with Crippen molar-refractivity contribution in [3.8, 4) is 11.3 Å². The van der Waals surface area contributed by atoms with E-state index in [9.17, 15) is 18.3 Å². The minimum atomic E-state index is -4.48. The van der Waals surface area contributed by atoms with Gasteiger partial charge in [-0.2, -0.15) is 13.2 Å². The van der Waals surface area contributed by atoms with Crippen molar-refractivity contribution >= 4 is 15.9 Å². The summed E-state index contributed by atoms with van der Waals surface area (Å²) in [5, 5.41) is 9.64. The molecule has 1 aromatic carbocycles. The molecular weight excluding hydrogens is 337 g/mol. The summed E-state index contributed by atoms with van der Waals surface area (Å²) in [6.45, 7) is 1.76. The second kappa shape index (κ2) is 5.61. The van der Waals surface area contributed by atoms with Gasteiger partial charge in [-0.1, -0.05) is 22.9 Å². The molecule has 0 saturated carbocycles. The van der Waals surface area contributed by atoms with Gasteiger partial charge >= 0.3 is 6.18 Å². The quantitative estimate of drug-likeness (QED) is 0.829. The Morgan fingerprint density at radius 2 is 1.95 bits per heavy atom. The van der Waals surface area contributed by atoms with Crippen LogP contribution in [0.25, 0.3) is 11.3 Å². The fraction of sp³-hybridized carbons (Fsp3) is 0.286. The summed E-state index contributed by atoms with van der Waals surface area (Å²) in [5.41, 5.74) is -0.825. The Morgan fingerprint density at radius 1 is 1.25 bits per heavy atom. The van der Waals surface area contributed by atoms with Crippen LogP contribution in [0.2, 0.25) is 0 Å². The summed E-state index contributed by atoms with van der Waals surface area (Å²) >= 11 is 3.03. The highest BCUT2D eigenvalue weighted by Crippen LogP contribution is 2.39. The minimum absolute atomic E-state index is 0.0461. The number of halogens is 4. The Morgan fingerprint density at radius 3 is 2.55 bits per heavy atom. The van der Waals surface area contributed by atoms with Crippen molar-refractivity contribution in [2.24, 2.45) is 0 Å². The molecule has 6 heteroatoms. The van der Waals surface area contributed by atoms with Gasteiger partial charge in [0.25, 0.3) is 0 Å². The first kappa shape index (κ1) is 15.1. The van der Waals surface area contributed by atoms with Gasteiger partial charge in [-0.15, -0.1) is 0 Å². The number of furan rings is 1. The van der Waals surface area contributed by atoms with E-state index >= 15 is 0 Å². The molecule has 0 saturated heterocycles. The predicted octanol–water partition coefficient (Wildman–Crippen LogP) is 5.17. The lowest BCUT2D eigenvalue weighted by atomic mass is 10.1. The predicted molar refractivity (Wildman–Crippen MR) is 72.1 cm³/mol. The third kappa shape index (κ3) is 3.07. The molecule has 0 radical (unpaired) electrons. The zero-order valence-corrected chi connectivity index (χ0v) is 12.1. The van der Waals surface area contributed by atoms with Crippen LogP contribution in [-0.2, 0) is 6.18 Å². The zero-order valence-electron chi connectivity index (χ0n) is 10.5. The largest absolute Gasteiger partial charge is 0.458 e. The van der Waals surface area contributed by atoms with Gasteiger partial charge in [-0.05, 0) is 36.8 Å². The number of hydrogen-bond donors (Lipinski definition) is 1. The van der Waals surface area contributed by atoms with E-state index in [1.54, 1.807) is 6.92 Å². The maximum Gasteiger partial charge on any atom is 0.417 e. The molecule has 108 valence electrons. The SMILES string of the molecule is CCC(O)c1ccc(-c2ccc(Br)cc2C(F)(F)F)o1. The monoisotopic (exact) mass is 348 g/mol. The molecule has 1 N–H and O–H groups in total. The van der Waals surface area contributed by atoms with Crippen LogP contribution >= 0.6 is 15.9 Å². The van der Waals surface area contributed by atoms with Crippen LogP contribution in [0.3, 0.4) is 0 Å². The first-order valence-electron chi connectivity index (χ1n) is 5.98. The Kier molecular flexibility index (Phi) is 4.25. The molecule has 0 spiro atoms. The van der Waals surface area contributed by atoms with E-state index in [2.05, 4.69) is 15.9 Å². The van der Waals surface area contributed by atoms with E-state index in [0.717, 1.165) is 6.07 Å². The lowest BCUT2D eigenvalue weighted by molar-refractivity contribution is -0.137. The number of benzene rings is 1. The van der Waals surface area contributed by atoms with E-state index in [-0.39, 0.29) is 17.1 Å². The van der Waals surface area contributed by atoms with Crippen LogP contribution < -0.4 is 0 Å². The molecule has 1 unspecified atom stereocenters. The van der Waals surface area contributed by atoms with Crippen LogP contribution in [0, 0.1) is 0 Å². The molecule has 2 aromatic rings. The second-order valence-electron chi connectivity index (χ2n) is 4.31. The highest BCUT2D eigenvalue weighted by atomic mass is 79.9. The van der Waals surface area contributed by atoms with Crippen LogP contribution in [0.15, 0.2) is 39.2 Å². The fourth-order valence-electron chi connectivity index (χ4n) is 1.84. The van der Waals surface area contributed by atoms with E-state index < -0.39 is 17.8 Å². The Labute approximate surface area is 122 Å². The first-order chi connectivity index (χ1) is 9.32. The molecule has 2 nitrogen and oxygen atoms in total. The first-order valence-corrected chi connectivity index (χ1v) is 6.77. The smallest absolute Gasteiger partial charge is 0.417 e. The lowest BCUT2D eigenvalue weighted by Crippen LogP contribution is -2.07. The molecule has 0 amide bonds. The number of rotatable bonds is 3. The zero-order chi connectivity index (χ0) is 14.9. The van der Waals surface area contributed by atoms with Crippen molar-refractivity contribution < 1.29 is 22.7 Å². The van der Waals surface area contributed by atoms with E-state index in [1.165, 1.54) is 24.3 Å². The average molecular weight is 349 g/mol. The third-order valence-corrected chi connectivity index (χ3v) is 3.39. The summed E-state index contributed by atoms with van der Waals surface area (Å²) in [7, 11) is 0. The van der Waals surface area contributed by atoms with Gasteiger partial charge in [-0.3, -0.25) is 0 Å². The maximum absolute atomic E-state index is 13.0. The van der Waals surface area contributed by atoms with Crippen LogP contribution in [-0.4, -0.2) is 5.11 Å². The standard InChI is InChI=1S/C14H12BrF3O2/c1-2-11(19)13-6-5-12(20-13)9-4-3-8(15)7-10(9)14(16,17)18/h3-7,11,19H,2H2,1H3. The summed E-state index contributed by atoms with van der Waals surface area (Å²) in [6.07, 6.45) is -4.86. The van der Waals surface area contributed by atoms with Gasteiger partial charge in [0, 0.05) is 10.0 Å². The molecule has 20 heavy (non-hydrogen) atoms. The normalized spacial score (nSPS) is 13.5. The molecule has 0 bridgehead atoms. The summed E-state index contributed by atoms with van der Waals surface area (Å²) < 4.78 is 44.8. The molecule has 2 rings (SSSR count). The van der Waals surface area contributed by atoms with Crippen molar-refractivity contribution in [3.05, 3.63) is 46.1 Å². The van der Waals surface area contributed by atoms with Crippen molar-refractivity contribution in [2.75, 3.05) is 0 Å². The fourth-order valence-corrected chi connectivity index (χ4v) is 2.20. The Balaban J connectivity index is 2.50. The molecular formula is C14H12BrF3O2. The van der Waals surface area contributed by atoms with Crippen molar-refractivity contribution in [3.63, 3.8) is 0 Å². The van der Waals surface area contributed by atoms with Gasteiger partial charge in [-0.25, -0.2) is 0 Å². The van der Waals surface area contributed by atoms with Crippen molar-refractivity contribution in [1.82, 2.24) is 0 Å². The molecule has 1 aromatic heterocycles. The Bertz CT molecular complexity index is 605. The number of aliphatic hydroxyl groups excluding tert-OH is 1. The van der Waals surface area contributed by atoms with E-state index in [0.29, 0.717) is 10.9 Å². The minimum Gasteiger partial charge on any atom is -0.458 e. The molecule has 0 aliphatic heterocycles. The second-order valence-corrected chi connectivity index (χ2v) is 5.23. The number of alkyl halides is 3. The topological polar surface area (TPSA) is 33.4 Å². The number of hydrogen-bond acceptors (Lipinski definition) is 2. The van der Waals surface area contributed by atoms with Crippen LogP contribution in [0.4, 0.5) is 13.2 Å². The van der Waals surface area contributed by atoms with E-state index in [4.69, 9.17) is 4.42 Å². The molecule has 0 aliphatic rings. The highest BCUT2D eigenvalue weighted by molar-refractivity contribution is 9.10. The van der Waals surface area contributed by atoms with Crippen LogP contribution in [0.1, 0.15) is 30.8 Å². The molecule has 1 heterocycles. The van der Waals surface area contributed by atoms with Crippen LogP contribution in [0.5, 0.6) is 0 Å². The summed E-state index contributed by atoms with van der Waals surface area (Å²) in [4.78, 5) is 0. The van der Waals surface area contributed by atoms with Gasteiger partial charge in [0.15, 0.2) is 0 Å². The van der Waals surface area contributed by atoms with Gasteiger partial charge in [0.05, 0.1) is 5.56 Å². The molecule has 0 aliphatic carbocycles. The van der Waals surface area contributed by atoms with Crippen molar-refractivity contribution in [2.45, 2.75) is 25.6 Å². The number of aliphatic hydroxyl groups is 1. The molecule has 1 atom stereocenters. The van der Waals surface area contributed by atoms with Gasteiger partial charge in [0.2, 0.25) is 0 Å². The summed E-state index contributed by atoms with van der Waals surface area (Å²) in [5.74, 6) is 0.353. The maximum atomic E-state index is 13.0. The van der Waals surface area contributed by atoms with E-state index in [1.807, 2.05) is 0 Å². The lowest BCUT2D eigenvalue weighted by Gasteiger charge is -2.12. The third-order valence-electron chi connectivity index (χ3n) is 2.89. The van der Waals surface area contributed by atoms with Gasteiger partial charge in [0.1, 0.15) is 17.6 Å². The summed E-state index contributed by atoms with van der Waals surface area (Å²) in [6, 6.07) is 6.79. The Hall–Kier alpha value is -1.27. The highest BCUT2D eigenvalue weighted by Gasteiger charge is 2.34.